The molecule has 4 heteroatoms. The summed E-state index contributed by atoms with van der Waals surface area (Å²) in [5, 5.41) is 9.79. The van der Waals surface area contributed by atoms with Crippen molar-refractivity contribution in [2.45, 2.75) is 26.4 Å². The normalized spacial score (nSPS) is 12.8. The average molecular weight is 268 g/mol. The second kappa shape index (κ2) is 7.46. The van der Waals surface area contributed by atoms with Crippen LogP contribution in [0.4, 0.5) is 10.1 Å². The number of hydrogen-bond acceptors (Lipinski definition) is 3. The Morgan fingerprint density at radius 2 is 1.95 bits per heavy atom. The molecule has 0 saturated heterocycles. The fraction of sp³-hybridized carbons (Fsp3) is 0.600. The Hall–Kier alpha value is -1.13. The van der Waals surface area contributed by atoms with Crippen molar-refractivity contribution in [3.05, 3.63) is 29.6 Å². The van der Waals surface area contributed by atoms with Crippen LogP contribution in [0.3, 0.4) is 0 Å². The van der Waals surface area contributed by atoms with Crippen LogP contribution in [0.15, 0.2) is 18.2 Å². The molecule has 19 heavy (non-hydrogen) atoms. The molecule has 0 spiro atoms. The molecule has 1 N–H and O–H groups in total. The maximum Gasteiger partial charge on any atom is 0.123 e. The van der Waals surface area contributed by atoms with E-state index < -0.39 is 6.10 Å². The molecule has 1 atom stereocenters. The predicted molar refractivity (Wildman–Crippen MR) is 78.1 cm³/mol. The molecule has 3 nitrogen and oxygen atoms in total. The highest BCUT2D eigenvalue weighted by Crippen LogP contribution is 2.27. The van der Waals surface area contributed by atoms with Crippen molar-refractivity contribution in [2.75, 3.05) is 38.6 Å². The lowest BCUT2D eigenvalue weighted by molar-refractivity contribution is 0.199. The van der Waals surface area contributed by atoms with Crippen molar-refractivity contribution < 1.29 is 9.50 Å². The van der Waals surface area contributed by atoms with E-state index in [0.717, 1.165) is 31.7 Å². The number of benzene rings is 1. The molecule has 0 bridgehead atoms. The Kier molecular flexibility index (Phi) is 6.25. The largest absolute Gasteiger partial charge is 0.389 e. The van der Waals surface area contributed by atoms with E-state index >= 15 is 0 Å². The summed E-state index contributed by atoms with van der Waals surface area (Å²) in [5.41, 5.74) is 1.59. The van der Waals surface area contributed by atoms with Crippen LogP contribution >= 0.6 is 0 Å². The van der Waals surface area contributed by atoms with Gasteiger partial charge in [0.25, 0.3) is 0 Å². The number of aliphatic hydroxyl groups excluding tert-OH is 1. The van der Waals surface area contributed by atoms with Crippen LogP contribution in [0.2, 0.25) is 0 Å². The Morgan fingerprint density at radius 3 is 2.47 bits per heavy atom. The van der Waals surface area contributed by atoms with Crippen LogP contribution < -0.4 is 4.90 Å². The van der Waals surface area contributed by atoms with Gasteiger partial charge in [-0.15, -0.1) is 0 Å². The minimum Gasteiger partial charge on any atom is -0.389 e. The molecule has 108 valence electrons. The van der Waals surface area contributed by atoms with Gasteiger partial charge in [0.15, 0.2) is 0 Å². The van der Waals surface area contributed by atoms with Crippen molar-refractivity contribution >= 4 is 5.69 Å². The minimum absolute atomic E-state index is 0.302. The van der Waals surface area contributed by atoms with Gasteiger partial charge in [0.1, 0.15) is 5.82 Å². The smallest absolute Gasteiger partial charge is 0.123 e. The molecule has 0 amide bonds. The number of hydrogen-bond donors (Lipinski definition) is 1. The van der Waals surface area contributed by atoms with Crippen LogP contribution in [0.5, 0.6) is 0 Å². The molecule has 1 aromatic rings. The van der Waals surface area contributed by atoms with Gasteiger partial charge in [-0.2, -0.15) is 0 Å². The van der Waals surface area contributed by atoms with Crippen LogP contribution in [0.1, 0.15) is 31.9 Å². The van der Waals surface area contributed by atoms with Gasteiger partial charge in [-0.1, -0.05) is 0 Å². The Balaban J connectivity index is 2.85. The van der Waals surface area contributed by atoms with E-state index in [0.29, 0.717) is 5.56 Å². The van der Waals surface area contributed by atoms with Gasteiger partial charge < -0.3 is 14.9 Å². The van der Waals surface area contributed by atoms with E-state index in [-0.39, 0.29) is 5.82 Å². The zero-order valence-electron chi connectivity index (χ0n) is 12.4. The molecule has 0 aromatic heterocycles. The van der Waals surface area contributed by atoms with Gasteiger partial charge in [0.2, 0.25) is 0 Å². The topological polar surface area (TPSA) is 26.7 Å². The van der Waals surface area contributed by atoms with E-state index in [1.807, 2.05) is 0 Å². The zero-order chi connectivity index (χ0) is 14.4. The molecule has 0 unspecified atom stereocenters. The van der Waals surface area contributed by atoms with Gasteiger partial charge in [-0.3, -0.25) is 0 Å². The molecule has 1 rings (SSSR count). The lowest BCUT2D eigenvalue weighted by Gasteiger charge is -2.27. The Bertz CT molecular complexity index is 394. The van der Waals surface area contributed by atoms with E-state index in [4.69, 9.17) is 0 Å². The van der Waals surface area contributed by atoms with Crippen molar-refractivity contribution in [3.8, 4) is 0 Å². The third-order valence-corrected chi connectivity index (χ3v) is 3.20. The van der Waals surface area contributed by atoms with Crippen molar-refractivity contribution in [1.82, 2.24) is 4.90 Å². The molecule has 0 radical (unpaired) electrons. The van der Waals surface area contributed by atoms with E-state index in [2.05, 4.69) is 30.8 Å². The number of aliphatic hydroxyl groups is 1. The minimum atomic E-state index is -0.659. The maximum atomic E-state index is 13.3. The Morgan fingerprint density at radius 1 is 1.26 bits per heavy atom. The molecule has 0 aliphatic rings. The van der Waals surface area contributed by atoms with Gasteiger partial charge in [-0.25, -0.2) is 4.39 Å². The third kappa shape index (κ3) is 4.80. The lowest BCUT2D eigenvalue weighted by atomic mass is 10.1. The molecule has 1 aromatic carbocycles. The van der Waals surface area contributed by atoms with Gasteiger partial charge in [0.05, 0.1) is 6.10 Å². The maximum absolute atomic E-state index is 13.3. The third-order valence-electron chi connectivity index (χ3n) is 3.20. The number of anilines is 1. The summed E-state index contributed by atoms with van der Waals surface area (Å²) >= 11 is 0. The van der Waals surface area contributed by atoms with Gasteiger partial charge in [0, 0.05) is 24.3 Å². The van der Waals surface area contributed by atoms with Crippen molar-refractivity contribution in [2.24, 2.45) is 0 Å². The van der Waals surface area contributed by atoms with Crippen molar-refractivity contribution in [1.29, 1.82) is 0 Å². The zero-order valence-corrected chi connectivity index (χ0v) is 12.4. The number of rotatable bonds is 7. The van der Waals surface area contributed by atoms with E-state index in [1.165, 1.54) is 12.1 Å². The monoisotopic (exact) mass is 268 g/mol. The molecular formula is C15H25FN2O. The molecule has 0 aliphatic heterocycles. The first-order chi connectivity index (χ1) is 8.95. The summed E-state index contributed by atoms with van der Waals surface area (Å²) in [5.74, 6) is -0.302. The second-order valence-corrected chi connectivity index (χ2v) is 5.12. The number of nitrogens with zero attached hydrogens (tertiary/aromatic N) is 2. The first-order valence-corrected chi connectivity index (χ1v) is 6.83. The van der Waals surface area contributed by atoms with Gasteiger partial charge >= 0.3 is 0 Å². The fourth-order valence-corrected chi connectivity index (χ4v) is 2.17. The van der Waals surface area contributed by atoms with Crippen LogP contribution in [0, 0.1) is 5.82 Å². The molecule has 0 fully saturated rings. The molecule has 0 aliphatic carbocycles. The molecular weight excluding hydrogens is 243 g/mol. The summed E-state index contributed by atoms with van der Waals surface area (Å²) in [6.45, 7) is 6.51. The average Bonchev–Trinajstić information content (AvgIpc) is 2.34. The second-order valence-electron chi connectivity index (χ2n) is 5.12. The highest BCUT2D eigenvalue weighted by atomic mass is 19.1. The van der Waals surface area contributed by atoms with Crippen LogP contribution in [0.25, 0.3) is 0 Å². The molecule has 0 heterocycles. The SMILES string of the molecule is CCN(CCCN(C)C)c1ccc(F)cc1[C@H](C)O. The summed E-state index contributed by atoms with van der Waals surface area (Å²) < 4.78 is 13.3. The first kappa shape index (κ1) is 15.9. The summed E-state index contributed by atoms with van der Waals surface area (Å²) in [4.78, 5) is 4.33. The summed E-state index contributed by atoms with van der Waals surface area (Å²) in [6, 6.07) is 4.64. The molecule has 0 saturated carbocycles. The van der Waals surface area contributed by atoms with Crippen molar-refractivity contribution in [3.63, 3.8) is 0 Å². The quantitative estimate of drug-likeness (QED) is 0.823. The fourth-order valence-electron chi connectivity index (χ4n) is 2.17. The standard InChI is InChI=1S/C15H25FN2O/c1-5-18(10-6-9-17(3)4)15-8-7-13(16)11-14(15)12(2)19/h7-8,11-12,19H,5-6,9-10H2,1-4H3/t12-/m0/s1. The van der Waals surface area contributed by atoms with Crippen LogP contribution in [-0.4, -0.2) is 43.7 Å². The highest BCUT2D eigenvalue weighted by Gasteiger charge is 2.14. The lowest BCUT2D eigenvalue weighted by Crippen LogP contribution is -2.28. The highest BCUT2D eigenvalue weighted by molar-refractivity contribution is 5.54. The summed E-state index contributed by atoms with van der Waals surface area (Å²) in [6.07, 6.45) is 0.380. The van der Waals surface area contributed by atoms with Crippen LogP contribution in [-0.2, 0) is 0 Å². The van der Waals surface area contributed by atoms with E-state index in [1.54, 1.807) is 13.0 Å². The Labute approximate surface area is 115 Å². The number of halogens is 1. The first-order valence-electron chi connectivity index (χ1n) is 6.83. The predicted octanol–water partition coefficient (Wildman–Crippen LogP) is 2.66. The van der Waals surface area contributed by atoms with E-state index in [9.17, 15) is 9.50 Å². The van der Waals surface area contributed by atoms with Gasteiger partial charge in [-0.05, 0) is 59.1 Å². The summed E-state index contributed by atoms with van der Waals surface area (Å²) in [7, 11) is 4.10.